The number of nitrogens with two attached hydrogens (primary N) is 1. The standard InChI is InChI=1S/C8H8N6O2/c1-16-7(15)6-10-3-2-5(12-6)14-4-11-8(9)13-14/h2-4H,1H3,(H2,9,13). The summed E-state index contributed by atoms with van der Waals surface area (Å²) in [6.45, 7) is 0. The summed E-state index contributed by atoms with van der Waals surface area (Å²) < 4.78 is 5.84. The van der Waals surface area contributed by atoms with E-state index in [-0.39, 0.29) is 11.8 Å². The predicted molar refractivity (Wildman–Crippen MR) is 52.7 cm³/mol. The summed E-state index contributed by atoms with van der Waals surface area (Å²) in [5, 5.41) is 3.85. The Bertz CT molecular complexity index is 523. The van der Waals surface area contributed by atoms with E-state index in [0.717, 1.165) is 0 Å². The molecule has 0 amide bonds. The van der Waals surface area contributed by atoms with Gasteiger partial charge in [0.25, 0.3) is 0 Å². The number of ether oxygens (including phenoxy) is 1. The minimum Gasteiger partial charge on any atom is -0.463 e. The monoisotopic (exact) mass is 220 g/mol. The highest BCUT2D eigenvalue weighted by molar-refractivity contribution is 5.85. The molecule has 8 nitrogen and oxygen atoms in total. The minimum absolute atomic E-state index is 0.0472. The highest BCUT2D eigenvalue weighted by Crippen LogP contribution is 2.03. The van der Waals surface area contributed by atoms with E-state index in [0.29, 0.717) is 5.82 Å². The van der Waals surface area contributed by atoms with Crippen LogP contribution in [-0.2, 0) is 4.74 Å². The van der Waals surface area contributed by atoms with Crippen LogP contribution in [0.1, 0.15) is 10.6 Å². The van der Waals surface area contributed by atoms with Crippen molar-refractivity contribution < 1.29 is 9.53 Å². The van der Waals surface area contributed by atoms with Gasteiger partial charge < -0.3 is 10.5 Å². The van der Waals surface area contributed by atoms with Crippen molar-refractivity contribution in [2.24, 2.45) is 0 Å². The van der Waals surface area contributed by atoms with Crippen LogP contribution in [0.25, 0.3) is 5.82 Å². The van der Waals surface area contributed by atoms with Crippen molar-refractivity contribution in [3.63, 3.8) is 0 Å². The summed E-state index contributed by atoms with van der Waals surface area (Å²) in [5.41, 5.74) is 5.36. The molecule has 0 radical (unpaired) electrons. The molecule has 0 aliphatic heterocycles. The lowest BCUT2D eigenvalue weighted by molar-refractivity contribution is 0.0586. The topological polar surface area (TPSA) is 109 Å². The van der Waals surface area contributed by atoms with Gasteiger partial charge in [0.15, 0.2) is 5.82 Å². The maximum atomic E-state index is 11.2. The normalized spacial score (nSPS) is 10.1. The second-order valence-electron chi connectivity index (χ2n) is 2.78. The molecule has 0 saturated carbocycles. The first-order valence-corrected chi connectivity index (χ1v) is 4.29. The van der Waals surface area contributed by atoms with Gasteiger partial charge in [0.05, 0.1) is 7.11 Å². The van der Waals surface area contributed by atoms with Crippen LogP contribution in [0.5, 0.6) is 0 Å². The van der Waals surface area contributed by atoms with Gasteiger partial charge in [0.1, 0.15) is 6.33 Å². The van der Waals surface area contributed by atoms with Crippen molar-refractivity contribution in [1.82, 2.24) is 24.7 Å². The Hall–Kier alpha value is -2.51. The fraction of sp³-hybridized carbons (Fsp3) is 0.125. The fourth-order valence-corrected chi connectivity index (χ4v) is 1.05. The van der Waals surface area contributed by atoms with E-state index in [9.17, 15) is 4.79 Å². The average molecular weight is 220 g/mol. The summed E-state index contributed by atoms with van der Waals surface area (Å²) >= 11 is 0. The van der Waals surface area contributed by atoms with Crippen LogP contribution < -0.4 is 5.73 Å². The first-order chi connectivity index (χ1) is 7.70. The molecule has 0 aromatic carbocycles. The van der Waals surface area contributed by atoms with Crippen LogP contribution in [0.15, 0.2) is 18.6 Å². The van der Waals surface area contributed by atoms with E-state index >= 15 is 0 Å². The highest BCUT2D eigenvalue weighted by Gasteiger charge is 2.10. The van der Waals surface area contributed by atoms with Crippen LogP contribution in [-0.4, -0.2) is 37.8 Å². The number of carbonyl (C=O) groups excluding carboxylic acids is 1. The quantitative estimate of drug-likeness (QED) is 0.674. The molecular formula is C8H8N6O2. The lowest BCUT2D eigenvalue weighted by Gasteiger charge is -2.00. The molecule has 2 aromatic heterocycles. The maximum absolute atomic E-state index is 11.2. The molecule has 2 aromatic rings. The van der Waals surface area contributed by atoms with Gasteiger partial charge >= 0.3 is 5.97 Å². The Kier molecular flexibility index (Phi) is 2.46. The Morgan fingerprint density at radius 3 is 2.94 bits per heavy atom. The molecule has 0 unspecified atom stereocenters. The number of methoxy groups -OCH3 is 1. The smallest absolute Gasteiger partial charge is 0.376 e. The summed E-state index contributed by atoms with van der Waals surface area (Å²) in [7, 11) is 1.26. The van der Waals surface area contributed by atoms with Gasteiger partial charge in [-0.1, -0.05) is 0 Å². The number of hydrogen-bond acceptors (Lipinski definition) is 7. The minimum atomic E-state index is -0.616. The molecule has 2 rings (SSSR count). The van der Waals surface area contributed by atoms with Crippen LogP contribution >= 0.6 is 0 Å². The van der Waals surface area contributed by atoms with Crippen molar-refractivity contribution in [3.05, 3.63) is 24.4 Å². The maximum Gasteiger partial charge on any atom is 0.376 e. The van der Waals surface area contributed by atoms with Crippen molar-refractivity contribution in [2.75, 3.05) is 12.8 Å². The Morgan fingerprint density at radius 1 is 1.50 bits per heavy atom. The number of esters is 1. The van der Waals surface area contributed by atoms with Crippen molar-refractivity contribution in [3.8, 4) is 5.82 Å². The largest absolute Gasteiger partial charge is 0.463 e. The summed E-state index contributed by atoms with van der Waals surface area (Å²) in [6, 6.07) is 1.57. The number of nitrogens with zero attached hydrogens (tertiary/aromatic N) is 5. The van der Waals surface area contributed by atoms with Gasteiger partial charge in [-0.05, 0) is 0 Å². The molecule has 2 heterocycles. The van der Waals surface area contributed by atoms with Crippen LogP contribution in [0.3, 0.4) is 0 Å². The predicted octanol–water partition coefficient (Wildman–Crippen LogP) is -0.574. The lowest BCUT2D eigenvalue weighted by Crippen LogP contribution is -2.10. The second-order valence-corrected chi connectivity index (χ2v) is 2.78. The number of carbonyl (C=O) groups is 1. The van der Waals surface area contributed by atoms with Crippen LogP contribution in [0.2, 0.25) is 0 Å². The summed E-state index contributed by atoms with van der Waals surface area (Å²) in [4.78, 5) is 22.6. The zero-order chi connectivity index (χ0) is 11.5. The summed E-state index contributed by atoms with van der Waals surface area (Å²) in [5.74, 6) is -0.151. The van der Waals surface area contributed by atoms with E-state index in [1.807, 2.05) is 0 Å². The second kappa shape index (κ2) is 3.93. The SMILES string of the molecule is COC(=O)c1nccc(-n2cnc(N)n2)n1. The third-order valence-electron chi connectivity index (χ3n) is 1.75. The molecule has 0 fully saturated rings. The molecule has 2 N–H and O–H groups in total. The number of aromatic nitrogens is 5. The Morgan fingerprint density at radius 2 is 2.31 bits per heavy atom. The molecule has 16 heavy (non-hydrogen) atoms. The molecule has 8 heteroatoms. The zero-order valence-corrected chi connectivity index (χ0v) is 8.36. The first kappa shape index (κ1) is 10.0. The van der Waals surface area contributed by atoms with E-state index < -0.39 is 5.97 Å². The van der Waals surface area contributed by atoms with E-state index in [4.69, 9.17) is 5.73 Å². The summed E-state index contributed by atoms with van der Waals surface area (Å²) in [6.07, 6.45) is 2.81. The van der Waals surface area contributed by atoms with E-state index in [2.05, 4.69) is 24.8 Å². The Labute approximate surface area is 90.1 Å². The third-order valence-corrected chi connectivity index (χ3v) is 1.75. The molecule has 0 aliphatic carbocycles. The van der Waals surface area contributed by atoms with E-state index in [1.165, 1.54) is 24.3 Å². The van der Waals surface area contributed by atoms with Gasteiger partial charge in [-0.15, -0.1) is 5.10 Å². The van der Waals surface area contributed by atoms with Crippen molar-refractivity contribution in [2.45, 2.75) is 0 Å². The van der Waals surface area contributed by atoms with Gasteiger partial charge in [-0.2, -0.15) is 0 Å². The lowest BCUT2D eigenvalue weighted by atomic mass is 10.5. The number of rotatable bonds is 2. The molecular weight excluding hydrogens is 212 g/mol. The highest BCUT2D eigenvalue weighted by atomic mass is 16.5. The van der Waals surface area contributed by atoms with E-state index in [1.54, 1.807) is 6.07 Å². The molecule has 82 valence electrons. The molecule has 0 spiro atoms. The number of anilines is 1. The molecule has 0 atom stereocenters. The van der Waals surface area contributed by atoms with Crippen molar-refractivity contribution in [1.29, 1.82) is 0 Å². The van der Waals surface area contributed by atoms with Gasteiger partial charge in [-0.3, -0.25) is 0 Å². The Balaban J connectivity index is 2.39. The average Bonchev–Trinajstić information content (AvgIpc) is 2.75. The molecule has 0 bridgehead atoms. The first-order valence-electron chi connectivity index (χ1n) is 4.29. The van der Waals surface area contributed by atoms with Gasteiger partial charge in [0.2, 0.25) is 11.8 Å². The number of hydrogen-bond donors (Lipinski definition) is 1. The molecule has 0 saturated heterocycles. The molecule has 0 aliphatic rings. The van der Waals surface area contributed by atoms with Crippen LogP contribution in [0, 0.1) is 0 Å². The van der Waals surface area contributed by atoms with Gasteiger partial charge in [-0.25, -0.2) is 24.4 Å². The van der Waals surface area contributed by atoms with Gasteiger partial charge in [0, 0.05) is 12.3 Å². The fourth-order valence-electron chi connectivity index (χ4n) is 1.05. The number of nitrogen functional groups attached to an aromatic ring is 1. The zero-order valence-electron chi connectivity index (χ0n) is 8.36. The van der Waals surface area contributed by atoms with Crippen LogP contribution in [0.4, 0.5) is 5.95 Å². The third kappa shape index (κ3) is 1.80. The van der Waals surface area contributed by atoms with Crippen molar-refractivity contribution >= 4 is 11.9 Å².